The van der Waals surface area contributed by atoms with Gasteiger partial charge in [-0.25, -0.2) is 4.79 Å². The van der Waals surface area contributed by atoms with E-state index in [0.29, 0.717) is 0 Å². The molecule has 0 aliphatic heterocycles. The van der Waals surface area contributed by atoms with E-state index < -0.39 is 10.8 Å². The van der Waals surface area contributed by atoms with E-state index >= 15 is 0 Å². The molecule has 0 amide bonds. The minimum atomic E-state index is -0.854. The Morgan fingerprint density at radius 1 is 1.64 bits per heavy atom. The van der Waals surface area contributed by atoms with Gasteiger partial charge in [-0.3, -0.25) is 0 Å². The summed E-state index contributed by atoms with van der Waals surface area (Å²) in [4.78, 5) is 10.0. The van der Waals surface area contributed by atoms with Crippen molar-refractivity contribution >= 4 is 29.2 Å². The Bertz CT molecular complexity index is 185. The number of allylic oxidation sites excluding steroid dienone is 1. The second-order valence-electron chi connectivity index (χ2n) is 1.62. The number of esters is 1. The number of carbonyl (C=O) groups is 1. The molecule has 0 unspecified atom stereocenters. The highest BCUT2D eigenvalue weighted by Gasteiger charge is 2.15. The maximum absolute atomic E-state index is 10.9. The number of halogens is 2. The summed E-state index contributed by atoms with van der Waals surface area (Å²) in [6.45, 7) is 4.87. The van der Waals surface area contributed by atoms with Gasteiger partial charge < -0.3 is 4.74 Å². The zero-order chi connectivity index (χ0) is 8.85. The molecule has 0 rings (SSSR count). The van der Waals surface area contributed by atoms with Crippen LogP contribution in [0, 0.1) is 0 Å². The zero-order valence-corrected chi connectivity index (χ0v) is 7.52. The lowest BCUT2D eigenvalue weighted by Crippen LogP contribution is -2.09. The van der Waals surface area contributed by atoms with Gasteiger partial charge in [-0.05, 0) is 6.92 Å². The lowest BCUT2D eigenvalue weighted by atomic mass is 10.3. The van der Waals surface area contributed by atoms with Gasteiger partial charge in [0, 0.05) is 0 Å². The molecule has 0 radical (unpaired) electrons. The van der Waals surface area contributed by atoms with Crippen LogP contribution in [0.25, 0.3) is 0 Å². The first-order valence-electron chi connectivity index (χ1n) is 2.89. The second-order valence-corrected chi connectivity index (χ2v) is 2.71. The van der Waals surface area contributed by atoms with E-state index in [9.17, 15) is 4.79 Å². The second kappa shape index (κ2) is 5.22. The van der Waals surface area contributed by atoms with Crippen molar-refractivity contribution in [3.8, 4) is 0 Å². The fraction of sp³-hybridized carbons (Fsp3) is 0.286. The zero-order valence-electron chi connectivity index (χ0n) is 6.01. The highest BCUT2D eigenvalue weighted by atomic mass is 35.5. The maximum atomic E-state index is 10.9. The van der Waals surface area contributed by atoms with Crippen LogP contribution in [0.1, 0.15) is 6.92 Å². The number of hydrogen-bond donors (Lipinski definition) is 0. The molecule has 0 aliphatic carbocycles. The molecular formula is C7H8Cl2O2. The molecule has 0 heterocycles. The number of rotatable bonds is 3. The van der Waals surface area contributed by atoms with E-state index in [1.165, 1.54) is 6.08 Å². The van der Waals surface area contributed by atoms with Crippen molar-refractivity contribution in [3.05, 3.63) is 24.5 Å². The van der Waals surface area contributed by atoms with Gasteiger partial charge in [0.1, 0.15) is 4.84 Å². The smallest absolute Gasteiger partial charge is 0.341 e. The molecular weight excluding hydrogens is 187 g/mol. The molecule has 0 aromatic heterocycles. The Hall–Kier alpha value is -0.470. The first-order valence-corrected chi connectivity index (χ1v) is 3.77. The quantitative estimate of drug-likeness (QED) is 0.299. The molecule has 0 N–H and O–H groups in total. The molecule has 0 aliphatic rings. The molecule has 62 valence electrons. The average Bonchev–Trinajstić information content (AvgIpc) is 1.88. The van der Waals surface area contributed by atoms with Gasteiger partial charge >= 0.3 is 5.97 Å². The molecule has 0 atom stereocenters. The van der Waals surface area contributed by atoms with E-state index in [2.05, 4.69) is 11.3 Å². The summed E-state index contributed by atoms with van der Waals surface area (Å²) in [5.41, 5.74) is 0.216. The number of hydrogen-bond acceptors (Lipinski definition) is 2. The van der Waals surface area contributed by atoms with Gasteiger partial charge in [-0.1, -0.05) is 35.9 Å². The van der Waals surface area contributed by atoms with E-state index in [1.54, 1.807) is 6.92 Å². The van der Waals surface area contributed by atoms with Crippen LogP contribution in [0.5, 0.6) is 0 Å². The largest absolute Gasteiger partial charge is 0.432 e. The average molecular weight is 195 g/mol. The first-order chi connectivity index (χ1) is 5.13. The Morgan fingerprint density at radius 3 is 2.45 bits per heavy atom. The summed E-state index contributed by atoms with van der Waals surface area (Å²) in [6.07, 6.45) is 2.53. The topological polar surface area (TPSA) is 26.3 Å². The van der Waals surface area contributed by atoms with Gasteiger partial charge in [0.2, 0.25) is 0 Å². The van der Waals surface area contributed by atoms with Gasteiger partial charge in [0.15, 0.2) is 0 Å². The Morgan fingerprint density at radius 2 is 2.18 bits per heavy atom. The molecule has 0 fully saturated rings. The summed E-state index contributed by atoms with van der Waals surface area (Å²) < 4.78 is 4.44. The van der Waals surface area contributed by atoms with Crippen molar-refractivity contribution in [2.45, 2.75) is 11.8 Å². The summed E-state index contributed by atoms with van der Waals surface area (Å²) >= 11 is 10.9. The first kappa shape index (κ1) is 10.5. The maximum Gasteiger partial charge on any atom is 0.341 e. The SMILES string of the molecule is C=COC(=O)C(=CC)C(Cl)Cl. The number of alkyl halides is 2. The molecule has 4 heteroatoms. The van der Waals surface area contributed by atoms with Crippen molar-refractivity contribution in [2.75, 3.05) is 0 Å². The van der Waals surface area contributed by atoms with Crippen LogP contribution in [0.3, 0.4) is 0 Å². The van der Waals surface area contributed by atoms with E-state index in [1.807, 2.05) is 0 Å². The third kappa shape index (κ3) is 3.44. The Balaban J connectivity index is 4.28. The third-order valence-electron chi connectivity index (χ3n) is 0.972. The summed E-state index contributed by atoms with van der Waals surface area (Å²) in [7, 11) is 0. The molecule has 0 spiro atoms. The summed E-state index contributed by atoms with van der Waals surface area (Å²) in [5.74, 6) is -0.572. The van der Waals surface area contributed by atoms with Gasteiger partial charge in [0.05, 0.1) is 11.8 Å². The van der Waals surface area contributed by atoms with Crippen molar-refractivity contribution in [2.24, 2.45) is 0 Å². The van der Waals surface area contributed by atoms with Crippen LogP contribution in [0.4, 0.5) is 0 Å². The van der Waals surface area contributed by atoms with Crippen LogP contribution < -0.4 is 0 Å². The van der Waals surface area contributed by atoms with E-state index in [4.69, 9.17) is 23.2 Å². The fourth-order valence-corrected chi connectivity index (χ4v) is 0.907. The lowest BCUT2D eigenvalue weighted by Gasteiger charge is -2.03. The third-order valence-corrected chi connectivity index (χ3v) is 1.44. The van der Waals surface area contributed by atoms with Crippen LogP contribution in [0.2, 0.25) is 0 Å². The Labute approximate surface area is 75.4 Å². The summed E-state index contributed by atoms with van der Waals surface area (Å²) in [6, 6.07) is 0. The monoisotopic (exact) mass is 194 g/mol. The van der Waals surface area contributed by atoms with Crippen molar-refractivity contribution < 1.29 is 9.53 Å². The Kier molecular flexibility index (Phi) is 4.99. The minimum Gasteiger partial charge on any atom is -0.432 e. The van der Waals surface area contributed by atoms with Crippen molar-refractivity contribution in [3.63, 3.8) is 0 Å². The molecule has 0 saturated heterocycles. The molecule has 0 aromatic rings. The molecule has 2 nitrogen and oxygen atoms in total. The number of carbonyl (C=O) groups excluding carboxylic acids is 1. The normalized spacial score (nSPS) is 11.5. The molecule has 0 bridgehead atoms. The van der Waals surface area contributed by atoms with Gasteiger partial charge in [-0.2, -0.15) is 0 Å². The van der Waals surface area contributed by atoms with E-state index in [0.717, 1.165) is 6.26 Å². The molecule has 0 saturated carbocycles. The van der Waals surface area contributed by atoms with Crippen LogP contribution in [-0.2, 0) is 9.53 Å². The van der Waals surface area contributed by atoms with Gasteiger partial charge in [0.25, 0.3) is 0 Å². The standard InChI is InChI=1S/C7H8Cl2O2/c1-3-5(6(8)9)7(10)11-4-2/h3-4,6H,2H2,1H3. The fourth-order valence-electron chi connectivity index (χ4n) is 0.477. The van der Waals surface area contributed by atoms with Crippen molar-refractivity contribution in [1.29, 1.82) is 0 Å². The lowest BCUT2D eigenvalue weighted by molar-refractivity contribution is -0.133. The predicted molar refractivity (Wildman–Crippen MR) is 45.5 cm³/mol. The molecule has 11 heavy (non-hydrogen) atoms. The van der Waals surface area contributed by atoms with Crippen molar-refractivity contribution in [1.82, 2.24) is 0 Å². The summed E-state index contributed by atoms with van der Waals surface area (Å²) in [5, 5.41) is 0. The highest BCUT2D eigenvalue weighted by Crippen LogP contribution is 2.15. The van der Waals surface area contributed by atoms with Crippen LogP contribution in [0.15, 0.2) is 24.5 Å². The predicted octanol–water partition coefficient (Wildman–Crippen LogP) is 2.42. The highest BCUT2D eigenvalue weighted by molar-refractivity contribution is 6.48. The van der Waals surface area contributed by atoms with Gasteiger partial charge in [-0.15, -0.1) is 0 Å². The van der Waals surface area contributed by atoms with Crippen LogP contribution >= 0.6 is 23.2 Å². The molecule has 0 aromatic carbocycles. The minimum absolute atomic E-state index is 0.216. The van der Waals surface area contributed by atoms with Crippen LogP contribution in [-0.4, -0.2) is 10.8 Å². The number of ether oxygens (including phenoxy) is 1. The van der Waals surface area contributed by atoms with E-state index in [-0.39, 0.29) is 5.57 Å².